The van der Waals surface area contributed by atoms with Crippen LogP contribution in [0.1, 0.15) is 20.8 Å². The fraction of sp³-hybridized carbons (Fsp3) is 0.857. The average molecular weight is 322 g/mol. The number of carbonyl (C=O) groups excluding carboxylic acids is 2. The number of alkyl halides is 1. The highest BCUT2D eigenvalue weighted by molar-refractivity contribution is 5.77. The molecular weight excluding hydrogens is 295 g/mol. The normalized spacial score (nSPS) is 12.2. The molecule has 1 atom stereocenters. The molecule has 8 heteroatoms. The Morgan fingerprint density at radius 1 is 1.09 bits per heavy atom. The van der Waals surface area contributed by atoms with Gasteiger partial charge in [0.15, 0.2) is 0 Å². The molecule has 0 aromatic rings. The minimum absolute atomic E-state index is 0.0177. The zero-order chi connectivity index (χ0) is 16.8. The lowest BCUT2D eigenvalue weighted by Gasteiger charge is -2.10. The number of hydrogen-bond donors (Lipinski definition) is 2. The fourth-order valence-electron chi connectivity index (χ4n) is 1.30. The predicted octanol–water partition coefficient (Wildman–Crippen LogP) is 0.0350. The Balaban J connectivity index is 3.29. The topological polar surface area (TPSA) is 85.9 Å². The number of amides is 2. The lowest BCUT2D eigenvalue weighted by atomic mass is 10.4. The van der Waals surface area contributed by atoms with E-state index in [1.54, 1.807) is 0 Å². The van der Waals surface area contributed by atoms with Crippen LogP contribution in [0.4, 0.5) is 4.39 Å². The van der Waals surface area contributed by atoms with E-state index in [4.69, 9.17) is 14.2 Å². The predicted molar refractivity (Wildman–Crippen MR) is 79.3 cm³/mol. The minimum Gasteiger partial charge on any atom is -0.377 e. The standard InChI is InChI=1S/C14H27FN2O5/c1-11(2)22-10-14(19)16-4-5-20-6-7-21-9-13(15)8-17-12(3)18/h11,13H,4-10H2,1-3H3,(H,16,19)(H,17,18). The summed E-state index contributed by atoms with van der Waals surface area (Å²) in [6.07, 6.45) is -1.21. The molecule has 0 aromatic carbocycles. The van der Waals surface area contributed by atoms with Gasteiger partial charge in [-0.25, -0.2) is 4.39 Å². The Morgan fingerprint density at radius 2 is 1.77 bits per heavy atom. The molecule has 0 heterocycles. The summed E-state index contributed by atoms with van der Waals surface area (Å²) < 4.78 is 28.6. The van der Waals surface area contributed by atoms with E-state index in [0.717, 1.165) is 0 Å². The SMILES string of the molecule is CC(=O)NCC(F)COCCOCCNC(=O)COC(C)C. The number of hydrogen-bond acceptors (Lipinski definition) is 5. The molecule has 0 aliphatic heterocycles. The lowest BCUT2D eigenvalue weighted by Crippen LogP contribution is -2.32. The molecule has 0 spiro atoms. The molecule has 2 N–H and O–H groups in total. The van der Waals surface area contributed by atoms with Crippen molar-refractivity contribution < 1.29 is 28.2 Å². The summed E-state index contributed by atoms with van der Waals surface area (Å²) in [6.45, 7) is 6.23. The molecule has 130 valence electrons. The van der Waals surface area contributed by atoms with Crippen LogP contribution < -0.4 is 10.6 Å². The van der Waals surface area contributed by atoms with Crippen LogP contribution in [0.2, 0.25) is 0 Å². The van der Waals surface area contributed by atoms with Crippen LogP contribution in [0.3, 0.4) is 0 Å². The summed E-state index contributed by atoms with van der Waals surface area (Å²) in [7, 11) is 0. The molecule has 0 aromatic heterocycles. The maximum Gasteiger partial charge on any atom is 0.246 e. The Hall–Kier alpha value is -1.25. The number of nitrogens with one attached hydrogen (secondary N) is 2. The van der Waals surface area contributed by atoms with E-state index in [1.807, 2.05) is 13.8 Å². The van der Waals surface area contributed by atoms with Crippen molar-refractivity contribution in [2.24, 2.45) is 0 Å². The van der Waals surface area contributed by atoms with Gasteiger partial charge in [-0.15, -0.1) is 0 Å². The van der Waals surface area contributed by atoms with E-state index in [9.17, 15) is 14.0 Å². The van der Waals surface area contributed by atoms with Crippen molar-refractivity contribution in [1.29, 1.82) is 0 Å². The van der Waals surface area contributed by atoms with Crippen LogP contribution in [0.5, 0.6) is 0 Å². The van der Waals surface area contributed by atoms with Crippen LogP contribution in [0.25, 0.3) is 0 Å². The summed E-state index contributed by atoms with van der Waals surface area (Å²) in [6, 6.07) is 0. The van der Waals surface area contributed by atoms with Crippen molar-refractivity contribution in [2.45, 2.75) is 33.0 Å². The monoisotopic (exact) mass is 322 g/mol. The molecular formula is C14H27FN2O5. The van der Waals surface area contributed by atoms with Gasteiger partial charge in [0.05, 0.1) is 39.1 Å². The average Bonchev–Trinajstić information content (AvgIpc) is 2.45. The highest BCUT2D eigenvalue weighted by atomic mass is 19.1. The van der Waals surface area contributed by atoms with Crippen molar-refractivity contribution in [2.75, 3.05) is 46.1 Å². The molecule has 0 aliphatic carbocycles. The molecule has 0 aliphatic rings. The zero-order valence-electron chi connectivity index (χ0n) is 13.5. The van der Waals surface area contributed by atoms with Gasteiger partial charge in [0, 0.05) is 13.5 Å². The maximum atomic E-state index is 13.2. The molecule has 1 unspecified atom stereocenters. The van der Waals surface area contributed by atoms with Gasteiger partial charge in [-0.2, -0.15) is 0 Å². The number of ether oxygens (including phenoxy) is 3. The lowest BCUT2D eigenvalue weighted by molar-refractivity contribution is -0.127. The largest absolute Gasteiger partial charge is 0.377 e. The molecule has 2 amide bonds. The first-order valence-corrected chi connectivity index (χ1v) is 7.34. The highest BCUT2D eigenvalue weighted by Gasteiger charge is 2.07. The summed E-state index contributed by atoms with van der Waals surface area (Å²) in [5, 5.41) is 5.01. The Bertz CT molecular complexity index is 316. The second-order valence-corrected chi connectivity index (χ2v) is 4.93. The minimum atomic E-state index is -1.23. The van der Waals surface area contributed by atoms with E-state index in [2.05, 4.69) is 10.6 Å². The Labute approximate surface area is 130 Å². The van der Waals surface area contributed by atoms with Gasteiger partial charge in [-0.05, 0) is 13.8 Å². The van der Waals surface area contributed by atoms with Gasteiger partial charge in [0.25, 0.3) is 0 Å². The number of halogens is 1. The van der Waals surface area contributed by atoms with Gasteiger partial charge in [-0.3, -0.25) is 9.59 Å². The van der Waals surface area contributed by atoms with Gasteiger partial charge < -0.3 is 24.8 Å². The van der Waals surface area contributed by atoms with Gasteiger partial charge in [0.2, 0.25) is 11.8 Å². The Morgan fingerprint density at radius 3 is 2.41 bits per heavy atom. The van der Waals surface area contributed by atoms with E-state index in [-0.39, 0.29) is 44.3 Å². The van der Waals surface area contributed by atoms with Crippen molar-refractivity contribution in [3.8, 4) is 0 Å². The maximum absolute atomic E-state index is 13.2. The van der Waals surface area contributed by atoms with Gasteiger partial charge in [-0.1, -0.05) is 0 Å². The third kappa shape index (κ3) is 15.1. The second-order valence-electron chi connectivity index (χ2n) is 4.93. The Kier molecular flexibility index (Phi) is 12.7. The van der Waals surface area contributed by atoms with E-state index in [1.165, 1.54) is 6.92 Å². The van der Waals surface area contributed by atoms with Crippen LogP contribution >= 0.6 is 0 Å². The van der Waals surface area contributed by atoms with Crippen LogP contribution in [-0.2, 0) is 23.8 Å². The van der Waals surface area contributed by atoms with Crippen LogP contribution in [0.15, 0.2) is 0 Å². The first kappa shape index (κ1) is 20.8. The summed E-state index contributed by atoms with van der Waals surface area (Å²) in [4.78, 5) is 21.8. The van der Waals surface area contributed by atoms with Gasteiger partial charge in [0.1, 0.15) is 12.8 Å². The molecule has 0 fully saturated rings. The summed E-state index contributed by atoms with van der Waals surface area (Å²) in [5.74, 6) is -0.460. The highest BCUT2D eigenvalue weighted by Crippen LogP contribution is 1.91. The van der Waals surface area contributed by atoms with Crippen LogP contribution in [0, 0.1) is 0 Å². The van der Waals surface area contributed by atoms with Crippen molar-refractivity contribution in [3.05, 3.63) is 0 Å². The van der Waals surface area contributed by atoms with E-state index < -0.39 is 6.17 Å². The zero-order valence-corrected chi connectivity index (χ0v) is 13.5. The van der Waals surface area contributed by atoms with E-state index in [0.29, 0.717) is 19.8 Å². The molecule has 22 heavy (non-hydrogen) atoms. The number of carbonyl (C=O) groups is 2. The third-order valence-corrected chi connectivity index (χ3v) is 2.36. The van der Waals surface area contributed by atoms with Crippen molar-refractivity contribution >= 4 is 11.8 Å². The molecule has 0 rings (SSSR count). The first-order chi connectivity index (χ1) is 10.4. The fourth-order valence-corrected chi connectivity index (χ4v) is 1.30. The summed E-state index contributed by atoms with van der Waals surface area (Å²) in [5.41, 5.74) is 0. The second kappa shape index (κ2) is 13.4. The number of rotatable bonds is 13. The molecule has 0 saturated heterocycles. The van der Waals surface area contributed by atoms with Crippen molar-refractivity contribution in [1.82, 2.24) is 10.6 Å². The van der Waals surface area contributed by atoms with E-state index >= 15 is 0 Å². The summed E-state index contributed by atoms with van der Waals surface area (Å²) >= 11 is 0. The first-order valence-electron chi connectivity index (χ1n) is 7.34. The quantitative estimate of drug-likeness (QED) is 0.468. The third-order valence-electron chi connectivity index (χ3n) is 2.36. The molecule has 0 radical (unpaired) electrons. The molecule has 0 bridgehead atoms. The smallest absolute Gasteiger partial charge is 0.246 e. The molecule has 7 nitrogen and oxygen atoms in total. The van der Waals surface area contributed by atoms with Crippen molar-refractivity contribution in [3.63, 3.8) is 0 Å². The van der Waals surface area contributed by atoms with Gasteiger partial charge >= 0.3 is 0 Å². The molecule has 0 saturated carbocycles. The van der Waals surface area contributed by atoms with Crippen LogP contribution in [-0.4, -0.2) is 70.2 Å².